The largest absolute Gasteiger partial charge is 0.335 e. The molecule has 0 amide bonds. The average molecular weight is 514 g/mol. The molecular formula is C24H33ClNO5PS. The van der Waals surface area contributed by atoms with Gasteiger partial charge in [0.1, 0.15) is 0 Å². The lowest BCUT2D eigenvalue weighted by Gasteiger charge is -2.29. The fourth-order valence-corrected chi connectivity index (χ4v) is 7.41. The Bertz CT molecular complexity index is 1040. The quantitative estimate of drug-likeness (QED) is 0.342. The summed E-state index contributed by atoms with van der Waals surface area (Å²) in [5.41, 5.74) is 1.91. The lowest BCUT2D eigenvalue weighted by atomic mass is 9.80. The van der Waals surface area contributed by atoms with Crippen LogP contribution in [0.5, 0.6) is 0 Å². The van der Waals surface area contributed by atoms with Gasteiger partial charge in [-0.1, -0.05) is 48.7 Å². The van der Waals surface area contributed by atoms with E-state index in [4.69, 9.17) is 20.6 Å². The zero-order valence-electron chi connectivity index (χ0n) is 19.3. The van der Waals surface area contributed by atoms with Gasteiger partial charge in [0.15, 0.2) is 0 Å². The Kier molecular flexibility index (Phi) is 9.18. The zero-order valence-corrected chi connectivity index (χ0v) is 21.7. The maximum Gasteiger partial charge on any atom is 0.335 e. The van der Waals surface area contributed by atoms with Gasteiger partial charge in [0.05, 0.1) is 24.3 Å². The predicted octanol–water partition coefficient (Wildman–Crippen LogP) is 6.19. The second kappa shape index (κ2) is 11.5. The SMILES string of the molecule is CCOP(=O)(Cc1ccc(CC2(CNS(=O)(=O)c3ccc(Cl)cc3)CCCC2)cc1)OCC. The summed E-state index contributed by atoms with van der Waals surface area (Å²) in [7, 11) is -6.75. The van der Waals surface area contributed by atoms with Crippen molar-refractivity contribution in [2.45, 2.75) is 57.0 Å². The maximum absolute atomic E-state index is 12.8. The number of hydrogen-bond donors (Lipinski definition) is 1. The molecule has 182 valence electrons. The summed E-state index contributed by atoms with van der Waals surface area (Å²) in [6.45, 7) is 4.67. The van der Waals surface area contributed by atoms with E-state index in [1.54, 1.807) is 26.0 Å². The molecule has 1 fully saturated rings. The van der Waals surface area contributed by atoms with Gasteiger partial charge in [-0.2, -0.15) is 0 Å². The van der Waals surface area contributed by atoms with Crippen LogP contribution >= 0.6 is 19.2 Å². The maximum atomic E-state index is 12.8. The first-order chi connectivity index (χ1) is 15.7. The molecule has 0 atom stereocenters. The minimum absolute atomic E-state index is 0.118. The van der Waals surface area contributed by atoms with Crippen molar-refractivity contribution < 1.29 is 22.0 Å². The van der Waals surface area contributed by atoms with Crippen LogP contribution in [0.3, 0.4) is 0 Å². The summed E-state index contributed by atoms with van der Waals surface area (Å²) < 4.78 is 52.0. The van der Waals surface area contributed by atoms with E-state index in [0.29, 0.717) is 24.8 Å². The first-order valence-electron chi connectivity index (χ1n) is 11.4. The van der Waals surface area contributed by atoms with Gasteiger partial charge in [-0.05, 0) is 73.9 Å². The molecule has 33 heavy (non-hydrogen) atoms. The smallest absolute Gasteiger partial charge is 0.309 e. The van der Waals surface area contributed by atoms with Gasteiger partial charge in [0, 0.05) is 11.6 Å². The van der Waals surface area contributed by atoms with E-state index in [1.807, 2.05) is 24.3 Å². The van der Waals surface area contributed by atoms with Crippen LogP contribution in [0.4, 0.5) is 0 Å². The average Bonchev–Trinajstić information content (AvgIpc) is 3.23. The van der Waals surface area contributed by atoms with Crippen LogP contribution in [-0.2, 0) is 36.2 Å². The molecule has 1 aliphatic rings. The molecule has 0 radical (unpaired) electrons. The Labute approximate surface area is 202 Å². The fraction of sp³-hybridized carbons (Fsp3) is 0.500. The van der Waals surface area contributed by atoms with Gasteiger partial charge in [-0.25, -0.2) is 13.1 Å². The van der Waals surface area contributed by atoms with Crippen molar-refractivity contribution in [2.75, 3.05) is 19.8 Å². The second-order valence-corrected chi connectivity index (χ2v) is 12.8. The standard InChI is InChI=1S/C24H33ClNO5PS/c1-3-30-32(27,31-4-2)18-21-9-7-20(8-10-21)17-24(15-5-6-16-24)19-26-33(28,29)23-13-11-22(25)12-14-23/h7-14,26H,3-6,15-19H2,1-2H3. The van der Waals surface area contributed by atoms with Crippen molar-refractivity contribution >= 4 is 29.2 Å². The summed E-state index contributed by atoms with van der Waals surface area (Å²) in [5, 5.41) is 0.503. The van der Waals surface area contributed by atoms with Crippen LogP contribution in [-0.4, -0.2) is 28.2 Å². The normalized spacial score (nSPS) is 16.2. The Balaban J connectivity index is 1.68. The molecule has 3 rings (SSSR count). The highest BCUT2D eigenvalue weighted by Crippen LogP contribution is 2.51. The van der Waals surface area contributed by atoms with E-state index in [9.17, 15) is 13.0 Å². The van der Waals surface area contributed by atoms with E-state index in [1.165, 1.54) is 12.1 Å². The summed E-state index contributed by atoms with van der Waals surface area (Å²) in [6, 6.07) is 14.2. The van der Waals surface area contributed by atoms with Crippen LogP contribution in [0.1, 0.15) is 50.7 Å². The van der Waals surface area contributed by atoms with Gasteiger partial charge < -0.3 is 9.05 Å². The van der Waals surface area contributed by atoms with Crippen LogP contribution in [0.15, 0.2) is 53.4 Å². The Morgan fingerprint density at radius 1 is 0.939 bits per heavy atom. The third-order valence-corrected chi connectivity index (χ3v) is 9.78. The van der Waals surface area contributed by atoms with Gasteiger partial charge >= 0.3 is 7.60 Å². The van der Waals surface area contributed by atoms with Crippen molar-refractivity contribution in [1.29, 1.82) is 0 Å². The summed E-state index contributed by atoms with van der Waals surface area (Å²) >= 11 is 5.89. The van der Waals surface area contributed by atoms with Gasteiger partial charge in [0.2, 0.25) is 10.0 Å². The molecule has 1 saturated carbocycles. The molecule has 0 bridgehead atoms. The highest BCUT2D eigenvalue weighted by atomic mass is 35.5. The number of halogens is 1. The number of nitrogens with one attached hydrogen (secondary N) is 1. The topological polar surface area (TPSA) is 81.7 Å². The van der Waals surface area contributed by atoms with E-state index >= 15 is 0 Å². The number of sulfonamides is 1. The molecule has 1 aliphatic carbocycles. The van der Waals surface area contributed by atoms with Crippen molar-refractivity contribution in [3.63, 3.8) is 0 Å². The van der Waals surface area contributed by atoms with Crippen LogP contribution in [0, 0.1) is 5.41 Å². The predicted molar refractivity (Wildman–Crippen MR) is 132 cm³/mol. The third-order valence-electron chi connectivity index (χ3n) is 6.06. The Morgan fingerprint density at radius 2 is 1.48 bits per heavy atom. The van der Waals surface area contributed by atoms with Gasteiger partial charge in [0.25, 0.3) is 0 Å². The summed E-state index contributed by atoms with van der Waals surface area (Å²) in [6.07, 6.45) is 5.15. The molecule has 0 heterocycles. The number of benzene rings is 2. The van der Waals surface area contributed by atoms with E-state index in [-0.39, 0.29) is 16.5 Å². The highest BCUT2D eigenvalue weighted by Gasteiger charge is 2.35. The molecule has 0 aliphatic heterocycles. The number of rotatable bonds is 12. The van der Waals surface area contributed by atoms with E-state index < -0.39 is 17.6 Å². The zero-order chi connectivity index (χ0) is 24.0. The molecule has 6 nitrogen and oxygen atoms in total. The Morgan fingerprint density at radius 3 is 2.03 bits per heavy atom. The minimum Gasteiger partial charge on any atom is -0.309 e. The van der Waals surface area contributed by atoms with Gasteiger partial charge in [-0.15, -0.1) is 0 Å². The van der Waals surface area contributed by atoms with Crippen molar-refractivity contribution in [3.8, 4) is 0 Å². The number of hydrogen-bond acceptors (Lipinski definition) is 5. The lowest BCUT2D eigenvalue weighted by molar-refractivity contribution is 0.219. The van der Waals surface area contributed by atoms with E-state index in [0.717, 1.165) is 43.2 Å². The summed E-state index contributed by atoms with van der Waals surface area (Å²) in [5.74, 6) is 0. The molecular weight excluding hydrogens is 481 g/mol. The van der Waals surface area contributed by atoms with Crippen LogP contribution in [0.2, 0.25) is 5.02 Å². The molecule has 0 saturated heterocycles. The molecule has 0 aromatic heterocycles. The molecule has 1 N–H and O–H groups in total. The fourth-order valence-electron chi connectivity index (χ4n) is 4.43. The Hall–Kier alpha value is -1.21. The molecule has 0 spiro atoms. The first kappa shape index (κ1) is 26.4. The summed E-state index contributed by atoms with van der Waals surface area (Å²) in [4.78, 5) is 0.220. The van der Waals surface area contributed by atoms with Crippen LogP contribution in [0.25, 0.3) is 0 Å². The van der Waals surface area contributed by atoms with Gasteiger partial charge in [-0.3, -0.25) is 4.57 Å². The molecule has 9 heteroatoms. The second-order valence-electron chi connectivity index (χ2n) is 8.58. The first-order valence-corrected chi connectivity index (χ1v) is 15.0. The third kappa shape index (κ3) is 7.38. The van der Waals surface area contributed by atoms with Crippen molar-refractivity contribution in [3.05, 3.63) is 64.7 Å². The molecule has 2 aromatic carbocycles. The highest BCUT2D eigenvalue weighted by molar-refractivity contribution is 7.89. The lowest BCUT2D eigenvalue weighted by Crippen LogP contribution is -2.37. The monoisotopic (exact) mass is 513 g/mol. The molecule has 2 aromatic rings. The van der Waals surface area contributed by atoms with Crippen LogP contribution < -0.4 is 4.72 Å². The van der Waals surface area contributed by atoms with Crippen molar-refractivity contribution in [2.24, 2.45) is 5.41 Å². The van der Waals surface area contributed by atoms with E-state index in [2.05, 4.69) is 4.72 Å². The van der Waals surface area contributed by atoms with Crippen molar-refractivity contribution in [1.82, 2.24) is 4.72 Å². The molecule has 0 unspecified atom stereocenters. The minimum atomic E-state index is -3.60.